The molecule has 88 valence electrons. The van der Waals surface area contributed by atoms with Crippen molar-refractivity contribution < 1.29 is 5.11 Å². The van der Waals surface area contributed by atoms with Gasteiger partial charge in [0.2, 0.25) is 0 Å². The van der Waals surface area contributed by atoms with E-state index in [1.165, 1.54) is 5.69 Å². The van der Waals surface area contributed by atoms with E-state index in [4.69, 9.17) is 5.73 Å². The van der Waals surface area contributed by atoms with Crippen LogP contribution in [0.4, 0.5) is 5.69 Å². The summed E-state index contributed by atoms with van der Waals surface area (Å²) in [5.41, 5.74) is 8.12. The van der Waals surface area contributed by atoms with Crippen molar-refractivity contribution in [1.29, 1.82) is 0 Å². The van der Waals surface area contributed by atoms with E-state index >= 15 is 0 Å². The highest BCUT2D eigenvalue weighted by molar-refractivity contribution is 9.10. The summed E-state index contributed by atoms with van der Waals surface area (Å²) in [4.78, 5) is 2.31. The molecule has 0 atom stereocenters. The molecule has 2 rings (SSSR count). The van der Waals surface area contributed by atoms with Crippen LogP contribution in [0, 0.1) is 0 Å². The van der Waals surface area contributed by atoms with E-state index in [0.717, 1.165) is 36.0 Å². The van der Waals surface area contributed by atoms with Gasteiger partial charge in [-0.3, -0.25) is 0 Å². The molecule has 1 aliphatic heterocycles. The van der Waals surface area contributed by atoms with Gasteiger partial charge in [0.05, 0.1) is 6.10 Å². The number of rotatable bonds is 2. The van der Waals surface area contributed by atoms with Crippen molar-refractivity contribution in [2.45, 2.75) is 25.5 Å². The Morgan fingerprint density at radius 3 is 2.69 bits per heavy atom. The Morgan fingerprint density at radius 2 is 2.06 bits per heavy atom. The van der Waals surface area contributed by atoms with Crippen molar-refractivity contribution in [1.82, 2.24) is 0 Å². The smallest absolute Gasteiger partial charge is 0.0574 e. The number of halogens is 1. The summed E-state index contributed by atoms with van der Waals surface area (Å²) in [5, 5.41) is 9.49. The Balaban J connectivity index is 2.19. The van der Waals surface area contributed by atoms with Gasteiger partial charge >= 0.3 is 0 Å². The molecule has 0 radical (unpaired) electrons. The zero-order valence-corrected chi connectivity index (χ0v) is 10.8. The van der Waals surface area contributed by atoms with Gasteiger partial charge in [-0.05, 0) is 36.6 Å². The van der Waals surface area contributed by atoms with Crippen LogP contribution in [-0.2, 0) is 6.54 Å². The Kier molecular flexibility index (Phi) is 3.84. The molecule has 1 fully saturated rings. The fraction of sp³-hybridized carbons (Fsp3) is 0.500. The van der Waals surface area contributed by atoms with Crippen molar-refractivity contribution in [3.05, 3.63) is 28.2 Å². The van der Waals surface area contributed by atoms with Gasteiger partial charge in [0.15, 0.2) is 0 Å². The van der Waals surface area contributed by atoms with Gasteiger partial charge < -0.3 is 15.7 Å². The monoisotopic (exact) mass is 284 g/mol. The average molecular weight is 285 g/mol. The van der Waals surface area contributed by atoms with Gasteiger partial charge in [0.25, 0.3) is 0 Å². The van der Waals surface area contributed by atoms with Crippen molar-refractivity contribution in [3.63, 3.8) is 0 Å². The summed E-state index contributed by atoms with van der Waals surface area (Å²) in [6.45, 7) is 2.37. The minimum atomic E-state index is -0.131. The Bertz CT molecular complexity index is 362. The van der Waals surface area contributed by atoms with E-state index in [-0.39, 0.29) is 6.10 Å². The maximum absolute atomic E-state index is 9.49. The van der Waals surface area contributed by atoms with Crippen LogP contribution in [0.3, 0.4) is 0 Å². The van der Waals surface area contributed by atoms with Gasteiger partial charge in [-0.1, -0.05) is 15.9 Å². The summed E-state index contributed by atoms with van der Waals surface area (Å²) >= 11 is 3.46. The topological polar surface area (TPSA) is 49.5 Å². The number of nitrogens with zero attached hydrogens (tertiary/aromatic N) is 1. The van der Waals surface area contributed by atoms with Crippen LogP contribution >= 0.6 is 15.9 Å². The molecule has 0 aromatic heterocycles. The highest BCUT2D eigenvalue weighted by atomic mass is 79.9. The predicted octanol–water partition coefficient (Wildman–Crippen LogP) is 1.87. The van der Waals surface area contributed by atoms with Crippen molar-refractivity contribution in [2.24, 2.45) is 5.73 Å². The number of hydrogen-bond donors (Lipinski definition) is 2. The second kappa shape index (κ2) is 5.17. The fourth-order valence-corrected chi connectivity index (χ4v) is 2.54. The lowest BCUT2D eigenvalue weighted by molar-refractivity contribution is 0.145. The standard InChI is InChI=1S/C12H17BrN2O/c13-10-1-2-12(9(7-10)8-14)15-5-3-11(16)4-6-15/h1-2,7,11,16H,3-6,8,14H2. The van der Waals surface area contributed by atoms with Crippen LogP contribution in [0.25, 0.3) is 0 Å². The summed E-state index contributed by atoms with van der Waals surface area (Å²) in [6, 6.07) is 6.21. The predicted molar refractivity (Wildman–Crippen MR) is 69.5 cm³/mol. The van der Waals surface area contributed by atoms with Crippen LogP contribution in [0.15, 0.2) is 22.7 Å². The number of nitrogens with two attached hydrogens (primary N) is 1. The summed E-state index contributed by atoms with van der Waals surface area (Å²) < 4.78 is 1.06. The molecule has 0 spiro atoms. The first-order chi connectivity index (χ1) is 7.70. The van der Waals surface area contributed by atoms with Crippen LogP contribution in [-0.4, -0.2) is 24.3 Å². The molecule has 1 aromatic rings. The quantitative estimate of drug-likeness (QED) is 0.872. The van der Waals surface area contributed by atoms with Gasteiger partial charge in [-0.25, -0.2) is 0 Å². The van der Waals surface area contributed by atoms with Gasteiger partial charge in [-0.15, -0.1) is 0 Å². The van der Waals surface area contributed by atoms with Crippen LogP contribution in [0.2, 0.25) is 0 Å². The van der Waals surface area contributed by atoms with E-state index < -0.39 is 0 Å². The summed E-state index contributed by atoms with van der Waals surface area (Å²) in [7, 11) is 0. The second-order valence-electron chi connectivity index (χ2n) is 4.20. The lowest BCUT2D eigenvalue weighted by atomic mass is 10.1. The summed E-state index contributed by atoms with van der Waals surface area (Å²) in [5.74, 6) is 0. The first-order valence-corrected chi connectivity index (χ1v) is 6.41. The van der Waals surface area contributed by atoms with Crippen LogP contribution < -0.4 is 10.6 Å². The lowest BCUT2D eigenvalue weighted by Gasteiger charge is -2.32. The molecule has 0 aliphatic carbocycles. The van der Waals surface area contributed by atoms with Gasteiger partial charge in [0, 0.05) is 29.8 Å². The number of benzene rings is 1. The van der Waals surface area contributed by atoms with Crippen LogP contribution in [0.5, 0.6) is 0 Å². The van der Waals surface area contributed by atoms with Gasteiger partial charge in [0.1, 0.15) is 0 Å². The molecular formula is C12H17BrN2O. The maximum atomic E-state index is 9.49. The molecule has 1 aromatic carbocycles. The van der Waals surface area contributed by atoms with Crippen molar-refractivity contribution >= 4 is 21.6 Å². The molecular weight excluding hydrogens is 268 g/mol. The molecule has 0 amide bonds. The fourth-order valence-electron chi connectivity index (χ4n) is 2.13. The van der Waals surface area contributed by atoms with Crippen molar-refractivity contribution in [3.8, 4) is 0 Å². The molecule has 1 saturated heterocycles. The highest BCUT2D eigenvalue weighted by Crippen LogP contribution is 2.26. The SMILES string of the molecule is NCc1cc(Br)ccc1N1CCC(O)CC1. The maximum Gasteiger partial charge on any atom is 0.0574 e. The third kappa shape index (κ3) is 2.56. The van der Waals surface area contributed by atoms with E-state index in [1.807, 2.05) is 6.07 Å². The van der Waals surface area contributed by atoms with E-state index in [9.17, 15) is 5.11 Å². The third-order valence-electron chi connectivity index (χ3n) is 3.07. The Labute approximate surface area is 104 Å². The molecule has 0 bridgehead atoms. The third-order valence-corrected chi connectivity index (χ3v) is 3.56. The number of piperidine rings is 1. The van der Waals surface area contributed by atoms with E-state index in [1.54, 1.807) is 0 Å². The van der Waals surface area contributed by atoms with E-state index in [2.05, 4.69) is 33.0 Å². The van der Waals surface area contributed by atoms with Crippen LogP contribution in [0.1, 0.15) is 18.4 Å². The molecule has 0 saturated carbocycles. The average Bonchev–Trinajstić information content (AvgIpc) is 2.30. The largest absolute Gasteiger partial charge is 0.393 e. The highest BCUT2D eigenvalue weighted by Gasteiger charge is 2.18. The zero-order chi connectivity index (χ0) is 11.5. The minimum Gasteiger partial charge on any atom is -0.393 e. The molecule has 0 unspecified atom stereocenters. The number of hydrogen-bond acceptors (Lipinski definition) is 3. The normalized spacial score (nSPS) is 17.8. The molecule has 4 heteroatoms. The minimum absolute atomic E-state index is 0.131. The molecule has 3 N–H and O–H groups in total. The molecule has 3 nitrogen and oxygen atoms in total. The first-order valence-electron chi connectivity index (χ1n) is 5.62. The number of aliphatic hydroxyl groups excluding tert-OH is 1. The Hall–Kier alpha value is -0.580. The van der Waals surface area contributed by atoms with E-state index in [0.29, 0.717) is 6.54 Å². The molecule has 16 heavy (non-hydrogen) atoms. The molecule has 1 heterocycles. The zero-order valence-electron chi connectivity index (χ0n) is 9.19. The van der Waals surface area contributed by atoms with Gasteiger partial charge in [-0.2, -0.15) is 0 Å². The number of aliphatic hydroxyl groups is 1. The Morgan fingerprint density at radius 1 is 1.38 bits per heavy atom. The second-order valence-corrected chi connectivity index (χ2v) is 5.11. The lowest BCUT2D eigenvalue weighted by Crippen LogP contribution is -2.36. The molecule has 1 aliphatic rings. The first kappa shape index (κ1) is 11.9. The number of anilines is 1. The van der Waals surface area contributed by atoms with Crippen molar-refractivity contribution in [2.75, 3.05) is 18.0 Å². The summed E-state index contributed by atoms with van der Waals surface area (Å²) in [6.07, 6.45) is 1.56.